The number of piperidine rings is 1. The third kappa shape index (κ3) is 3.98. The molecule has 2 fully saturated rings. The van der Waals surface area contributed by atoms with Gasteiger partial charge in [0, 0.05) is 51.6 Å². The van der Waals surface area contributed by atoms with E-state index in [0.717, 1.165) is 0 Å². The normalized spacial score (nSPS) is 20.8. The molecule has 1 atom stereocenters. The molecule has 2 aromatic rings. The van der Waals surface area contributed by atoms with Crippen molar-refractivity contribution in [2.75, 3.05) is 46.6 Å². The van der Waals surface area contributed by atoms with Crippen molar-refractivity contribution in [3.05, 3.63) is 42.4 Å². The Labute approximate surface area is 174 Å². The smallest absolute Gasteiger partial charge is 0.289 e. The van der Waals surface area contributed by atoms with Gasteiger partial charge in [-0.2, -0.15) is 0 Å². The summed E-state index contributed by atoms with van der Waals surface area (Å²) in [6.45, 7) is 2.07. The number of nitrogens with zero attached hydrogens (tertiary/aromatic N) is 4. The Morgan fingerprint density at radius 3 is 2.77 bits per heavy atom. The van der Waals surface area contributed by atoms with Gasteiger partial charge in [0.15, 0.2) is 5.76 Å². The first-order valence-electron chi connectivity index (χ1n) is 10.2. The van der Waals surface area contributed by atoms with Crippen molar-refractivity contribution in [3.63, 3.8) is 0 Å². The first-order chi connectivity index (χ1) is 14.5. The van der Waals surface area contributed by atoms with Crippen molar-refractivity contribution in [3.8, 4) is 0 Å². The number of carbonyl (C=O) groups excluding carboxylic acids is 2. The summed E-state index contributed by atoms with van der Waals surface area (Å²) >= 11 is 0. The summed E-state index contributed by atoms with van der Waals surface area (Å²) in [5.41, 5.74) is -0.273. The molecule has 162 valence electrons. The third-order valence-electron chi connectivity index (χ3n) is 6.44. The van der Waals surface area contributed by atoms with Gasteiger partial charge in [-0.25, -0.2) is 4.98 Å². The molecule has 8 nitrogen and oxygen atoms in total. The van der Waals surface area contributed by atoms with Crippen LogP contribution in [0.3, 0.4) is 0 Å². The van der Waals surface area contributed by atoms with E-state index in [1.54, 1.807) is 34.5 Å². The van der Waals surface area contributed by atoms with Crippen LogP contribution in [0, 0.1) is 11.3 Å². The van der Waals surface area contributed by atoms with Gasteiger partial charge in [0.05, 0.1) is 19.5 Å². The molecule has 1 unspecified atom stereocenters. The lowest BCUT2D eigenvalue weighted by Gasteiger charge is -2.41. The van der Waals surface area contributed by atoms with Gasteiger partial charge in [-0.05, 0) is 30.4 Å². The Hall–Kier alpha value is -2.68. The van der Waals surface area contributed by atoms with Crippen LogP contribution in [0.15, 0.2) is 35.3 Å². The van der Waals surface area contributed by atoms with Crippen molar-refractivity contribution in [1.82, 2.24) is 19.4 Å². The van der Waals surface area contributed by atoms with Gasteiger partial charge in [0.2, 0.25) is 5.91 Å². The maximum Gasteiger partial charge on any atom is 0.289 e. The van der Waals surface area contributed by atoms with Crippen molar-refractivity contribution >= 4 is 11.8 Å². The van der Waals surface area contributed by atoms with Crippen molar-refractivity contribution < 1.29 is 23.1 Å². The predicted octanol–water partition coefficient (Wildman–Crippen LogP) is 1.82. The Bertz CT molecular complexity index is 873. The lowest BCUT2D eigenvalue weighted by molar-refractivity contribution is -0.134. The lowest BCUT2D eigenvalue weighted by atomic mass is 9.71. The van der Waals surface area contributed by atoms with Crippen molar-refractivity contribution in [2.24, 2.45) is 11.3 Å². The number of hydrogen-bond acceptors (Lipinski definition) is 5. The minimum Gasteiger partial charge on any atom is -0.454 e. The number of likely N-dealkylation sites (tertiary alicyclic amines) is 2. The number of halogens is 1. The molecule has 0 aromatic carbocycles. The molecule has 2 aliphatic rings. The Balaban J connectivity index is 1.37. The molecular formula is C21H27FN4O4. The Morgan fingerprint density at radius 1 is 1.30 bits per heavy atom. The molecule has 2 amide bonds. The van der Waals surface area contributed by atoms with E-state index in [9.17, 15) is 14.0 Å². The summed E-state index contributed by atoms with van der Waals surface area (Å²) in [6, 6.07) is 3.50. The molecule has 0 aliphatic carbocycles. The zero-order valence-corrected chi connectivity index (χ0v) is 17.1. The maximum absolute atomic E-state index is 13.8. The van der Waals surface area contributed by atoms with Gasteiger partial charge in [-0.3, -0.25) is 14.0 Å². The number of imidazole rings is 1. The van der Waals surface area contributed by atoms with Crippen LogP contribution in [0.25, 0.3) is 0 Å². The number of hydrogen-bond donors (Lipinski definition) is 0. The minimum atomic E-state index is -0.458. The highest BCUT2D eigenvalue weighted by molar-refractivity contribution is 5.91. The molecule has 4 heterocycles. The highest BCUT2D eigenvalue weighted by atomic mass is 19.1. The average molecular weight is 418 g/mol. The van der Waals surface area contributed by atoms with Gasteiger partial charge in [-0.15, -0.1) is 0 Å². The monoisotopic (exact) mass is 418 g/mol. The second-order valence-corrected chi connectivity index (χ2v) is 8.21. The van der Waals surface area contributed by atoms with Crippen LogP contribution in [-0.2, 0) is 16.1 Å². The third-order valence-corrected chi connectivity index (χ3v) is 6.44. The molecule has 0 radical (unpaired) electrons. The van der Waals surface area contributed by atoms with Gasteiger partial charge < -0.3 is 23.5 Å². The van der Waals surface area contributed by atoms with E-state index in [-0.39, 0.29) is 29.8 Å². The zero-order chi connectivity index (χ0) is 21.1. The van der Waals surface area contributed by atoms with E-state index < -0.39 is 6.67 Å². The SMILES string of the molecule is COCC(=O)N1CC(CF)C2(CCN(C(=O)c3ccc(Cn4ccnc4)o3)CC2)C1. The van der Waals surface area contributed by atoms with Crippen LogP contribution in [0.4, 0.5) is 4.39 Å². The summed E-state index contributed by atoms with van der Waals surface area (Å²) < 4.78 is 26.3. The van der Waals surface area contributed by atoms with E-state index in [2.05, 4.69) is 4.98 Å². The van der Waals surface area contributed by atoms with Gasteiger partial charge in [0.25, 0.3) is 5.91 Å². The number of methoxy groups -OCH3 is 1. The molecule has 1 spiro atoms. The van der Waals surface area contributed by atoms with Crippen LogP contribution < -0.4 is 0 Å². The molecule has 0 N–H and O–H groups in total. The average Bonchev–Trinajstić information content (AvgIpc) is 3.49. The van der Waals surface area contributed by atoms with E-state index in [1.165, 1.54) is 7.11 Å². The molecule has 2 aliphatic heterocycles. The zero-order valence-electron chi connectivity index (χ0n) is 17.1. The Kier molecular flexibility index (Phi) is 5.90. The fourth-order valence-corrected chi connectivity index (χ4v) is 4.67. The molecule has 0 bridgehead atoms. The van der Waals surface area contributed by atoms with Crippen LogP contribution in [0.2, 0.25) is 0 Å². The van der Waals surface area contributed by atoms with Gasteiger partial charge >= 0.3 is 0 Å². The first kappa shape index (κ1) is 20.6. The van der Waals surface area contributed by atoms with Crippen molar-refractivity contribution in [2.45, 2.75) is 19.4 Å². The number of ether oxygens (including phenoxy) is 1. The van der Waals surface area contributed by atoms with E-state index in [1.807, 2.05) is 10.8 Å². The molecule has 9 heteroatoms. The fraction of sp³-hybridized carbons (Fsp3) is 0.571. The maximum atomic E-state index is 13.8. The largest absolute Gasteiger partial charge is 0.454 e. The molecule has 30 heavy (non-hydrogen) atoms. The van der Waals surface area contributed by atoms with E-state index in [0.29, 0.717) is 57.1 Å². The number of rotatable bonds is 6. The predicted molar refractivity (Wildman–Crippen MR) is 106 cm³/mol. The number of furan rings is 1. The molecule has 0 saturated carbocycles. The van der Waals surface area contributed by atoms with Crippen molar-refractivity contribution in [1.29, 1.82) is 0 Å². The van der Waals surface area contributed by atoms with Gasteiger partial charge in [-0.1, -0.05) is 0 Å². The topological polar surface area (TPSA) is 80.8 Å². The highest BCUT2D eigenvalue weighted by Gasteiger charge is 2.49. The molecular weight excluding hydrogens is 391 g/mol. The standard InChI is InChI=1S/C21H27FN4O4/c1-29-13-19(27)26-11-16(10-22)21(14-26)4-7-25(8-5-21)20(28)18-3-2-17(30-18)12-24-9-6-23-15-24/h2-3,6,9,15-16H,4-5,7-8,10-14H2,1H3. The number of carbonyl (C=O) groups is 2. The summed E-state index contributed by atoms with van der Waals surface area (Å²) in [5.74, 6) is 0.550. The second kappa shape index (κ2) is 8.59. The number of amides is 2. The minimum absolute atomic E-state index is 0.0135. The molecule has 2 saturated heterocycles. The fourth-order valence-electron chi connectivity index (χ4n) is 4.67. The van der Waals surface area contributed by atoms with E-state index >= 15 is 0 Å². The second-order valence-electron chi connectivity index (χ2n) is 8.21. The summed E-state index contributed by atoms with van der Waals surface area (Å²) in [6.07, 6.45) is 6.56. The quantitative estimate of drug-likeness (QED) is 0.715. The first-order valence-corrected chi connectivity index (χ1v) is 10.2. The Morgan fingerprint density at radius 2 is 2.10 bits per heavy atom. The van der Waals surface area contributed by atoms with Gasteiger partial charge in [0.1, 0.15) is 12.4 Å². The molecule has 4 rings (SSSR count). The lowest BCUT2D eigenvalue weighted by Crippen LogP contribution is -2.47. The van der Waals surface area contributed by atoms with Crippen LogP contribution in [0.5, 0.6) is 0 Å². The van der Waals surface area contributed by atoms with E-state index in [4.69, 9.17) is 9.15 Å². The van der Waals surface area contributed by atoms with Crippen LogP contribution >= 0.6 is 0 Å². The highest BCUT2D eigenvalue weighted by Crippen LogP contribution is 2.45. The van der Waals surface area contributed by atoms with Crippen LogP contribution in [0.1, 0.15) is 29.2 Å². The molecule has 2 aromatic heterocycles. The summed E-state index contributed by atoms with van der Waals surface area (Å²) in [7, 11) is 1.48. The van der Waals surface area contributed by atoms with Crippen LogP contribution in [-0.4, -0.2) is 77.7 Å². The number of aromatic nitrogens is 2. The summed E-state index contributed by atoms with van der Waals surface area (Å²) in [5, 5.41) is 0. The summed E-state index contributed by atoms with van der Waals surface area (Å²) in [4.78, 5) is 32.6. The number of alkyl halides is 1.